The molecule has 1 fully saturated rings. The maximum atomic E-state index is 5.25. The van der Waals surface area contributed by atoms with Gasteiger partial charge in [0.25, 0.3) is 0 Å². The fourth-order valence-electron chi connectivity index (χ4n) is 3.30. The van der Waals surface area contributed by atoms with Crippen LogP contribution >= 0.6 is 0 Å². The molecule has 128 valence electrons. The van der Waals surface area contributed by atoms with Gasteiger partial charge in [0.1, 0.15) is 11.4 Å². The van der Waals surface area contributed by atoms with Crippen molar-refractivity contribution in [1.29, 1.82) is 0 Å². The number of aromatic nitrogens is 2. The predicted octanol–water partition coefficient (Wildman–Crippen LogP) is 3.06. The summed E-state index contributed by atoms with van der Waals surface area (Å²) in [5, 5.41) is 11.5. The zero-order chi connectivity index (χ0) is 17.2. The molecule has 0 aliphatic carbocycles. The summed E-state index contributed by atoms with van der Waals surface area (Å²) in [6.07, 6.45) is 0. The van der Waals surface area contributed by atoms with Crippen molar-refractivity contribution in [2.75, 3.05) is 45.2 Å². The maximum absolute atomic E-state index is 5.25. The molecule has 0 atom stereocenters. The fraction of sp³-hybridized carbons (Fsp3) is 0.300. The second kappa shape index (κ2) is 6.69. The number of methoxy groups -OCH3 is 1. The molecule has 25 heavy (non-hydrogen) atoms. The second-order valence-electron chi connectivity index (χ2n) is 6.44. The van der Waals surface area contributed by atoms with Crippen LogP contribution in [0.4, 0.5) is 5.82 Å². The maximum Gasteiger partial charge on any atom is 0.159 e. The summed E-state index contributed by atoms with van der Waals surface area (Å²) in [6, 6.07) is 16.4. The van der Waals surface area contributed by atoms with E-state index in [-0.39, 0.29) is 0 Å². The molecule has 1 aromatic heterocycles. The smallest absolute Gasteiger partial charge is 0.159 e. The SMILES string of the molecule is COc1ccc(-c2nnc(N3CCN(C)CC3)c3ccccc23)cc1. The molecule has 0 bridgehead atoms. The van der Waals surface area contributed by atoms with Gasteiger partial charge in [0, 0.05) is 42.5 Å². The van der Waals surface area contributed by atoms with Gasteiger partial charge in [-0.25, -0.2) is 0 Å². The van der Waals surface area contributed by atoms with Gasteiger partial charge in [-0.05, 0) is 31.3 Å². The van der Waals surface area contributed by atoms with Crippen LogP contribution in [0.3, 0.4) is 0 Å². The van der Waals surface area contributed by atoms with Gasteiger partial charge in [-0.3, -0.25) is 0 Å². The molecule has 2 aromatic carbocycles. The first-order valence-electron chi connectivity index (χ1n) is 8.59. The van der Waals surface area contributed by atoms with Crippen LogP contribution in [0, 0.1) is 0 Å². The third kappa shape index (κ3) is 3.03. The van der Waals surface area contributed by atoms with Crippen molar-refractivity contribution in [1.82, 2.24) is 15.1 Å². The zero-order valence-electron chi connectivity index (χ0n) is 14.6. The Labute approximate surface area is 147 Å². The third-order valence-electron chi connectivity index (χ3n) is 4.83. The molecule has 4 rings (SSSR count). The van der Waals surface area contributed by atoms with E-state index in [2.05, 4.69) is 51.3 Å². The normalized spacial score (nSPS) is 15.5. The van der Waals surface area contributed by atoms with Crippen LogP contribution < -0.4 is 9.64 Å². The predicted molar refractivity (Wildman–Crippen MR) is 101 cm³/mol. The molecular formula is C20H22N4O. The van der Waals surface area contributed by atoms with Gasteiger partial charge in [-0.1, -0.05) is 24.3 Å². The molecule has 1 aliphatic rings. The van der Waals surface area contributed by atoms with Gasteiger partial charge in [-0.2, -0.15) is 0 Å². The summed E-state index contributed by atoms with van der Waals surface area (Å²) < 4.78 is 5.25. The second-order valence-corrected chi connectivity index (χ2v) is 6.44. The monoisotopic (exact) mass is 334 g/mol. The lowest BCUT2D eigenvalue weighted by molar-refractivity contribution is 0.312. The average molecular weight is 334 g/mol. The van der Waals surface area contributed by atoms with E-state index in [0.717, 1.165) is 59.8 Å². The number of hydrogen-bond acceptors (Lipinski definition) is 5. The van der Waals surface area contributed by atoms with Crippen molar-refractivity contribution in [2.45, 2.75) is 0 Å². The van der Waals surface area contributed by atoms with Crippen molar-refractivity contribution in [2.24, 2.45) is 0 Å². The number of hydrogen-bond donors (Lipinski definition) is 0. The number of anilines is 1. The van der Waals surface area contributed by atoms with E-state index in [0.29, 0.717) is 0 Å². The van der Waals surface area contributed by atoms with Gasteiger partial charge in [0.2, 0.25) is 0 Å². The minimum Gasteiger partial charge on any atom is -0.497 e. The average Bonchev–Trinajstić information content (AvgIpc) is 2.68. The van der Waals surface area contributed by atoms with E-state index in [4.69, 9.17) is 4.74 Å². The molecule has 0 radical (unpaired) electrons. The summed E-state index contributed by atoms with van der Waals surface area (Å²) in [7, 11) is 3.84. The molecule has 0 saturated carbocycles. The molecule has 0 N–H and O–H groups in total. The third-order valence-corrected chi connectivity index (χ3v) is 4.83. The number of benzene rings is 2. The summed E-state index contributed by atoms with van der Waals surface area (Å²) in [5.74, 6) is 1.83. The Morgan fingerprint density at radius 2 is 1.52 bits per heavy atom. The van der Waals surface area contributed by atoms with Crippen LogP contribution in [0.1, 0.15) is 0 Å². The highest BCUT2D eigenvalue weighted by Crippen LogP contribution is 2.32. The minimum absolute atomic E-state index is 0.843. The van der Waals surface area contributed by atoms with Gasteiger partial charge in [-0.15, -0.1) is 10.2 Å². The molecular weight excluding hydrogens is 312 g/mol. The Morgan fingerprint density at radius 1 is 0.840 bits per heavy atom. The Balaban J connectivity index is 1.78. The first kappa shape index (κ1) is 15.8. The molecule has 1 aliphatic heterocycles. The van der Waals surface area contributed by atoms with Crippen LogP contribution in [-0.2, 0) is 0 Å². The number of nitrogens with zero attached hydrogens (tertiary/aromatic N) is 4. The van der Waals surface area contributed by atoms with Crippen molar-refractivity contribution in [3.63, 3.8) is 0 Å². The van der Waals surface area contributed by atoms with Crippen LogP contribution in [0.2, 0.25) is 0 Å². The lowest BCUT2D eigenvalue weighted by Crippen LogP contribution is -2.45. The molecule has 0 spiro atoms. The van der Waals surface area contributed by atoms with Gasteiger partial charge >= 0.3 is 0 Å². The Bertz CT molecular complexity index is 871. The van der Waals surface area contributed by atoms with Crippen LogP contribution in [0.25, 0.3) is 22.0 Å². The molecule has 2 heterocycles. The van der Waals surface area contributed by atoms with Gasteiger partial charge < -0.3 is 14.5 Å². The van der Waals surface area contributed by atoms with Gasteiger partial charge in [0.15, 0.2) is 5.82 Å². The van der Waals surface area contributed by atoms with Gasteiger partial charge in [0.05, 0.1) is 7.11 Å². The molecule has 0 unspecified atom stereocenters. The Hall–Kier alpha value is -2.66. The van der Waals surface area contributed by atoms with E-state index in [1.807, 2.05) is 24.3 Å². The van der Waals surface area contributed by atoms with E-state index >= 15 is 0 Å². The summed E-state index contributed by atoms with van der Waals surface area (Å²) in [4.78, 5) is 4.69. The van der Waals surface area contributed by atoms with E-state index in [1.54, 1.807) is 7.11 Å². The topological polar surface area (TPSA) is 41.5 Å². The summed E-state index contributed by atoms with van der Waals surface area (Å²) in [5.41, 5.74) is 1.96. The van der Waals surface area contributed by atoms with Crippen molar-refractivity contribution in [3.05, 3.63) is 48.5 Å². The zero-order valence-corrected chi connectivity index (χ0v) is 14.6. The highest BCUT2D eigenvalue weighted by Gasteiger charge is 2.19. The van der Waals surface area contributed by atoms with Crippen LogP contribution in [0.15, 0.2) is 48.5 Å². The molecule has 5 nitrogen and oxygen atoms in total. The highest BCUT2D eigenvalue weighted by molar-refractivity contribution is 6.00. The minimum atomic E-state index is 0.843. The first-order valence-corrected chi connectivity index (χ1v) is 8.59. The van der Waals surface area contributed by atoms with E-state index in [9.17, 15) is 0 Å². The van der Waals surface area contributed by atoms with E-state index < -0.39 is 0 Å². The quantitative estimate of drug-likeness (QED) is 0.736. The molecule has 0 amide bonds. The number of likely N-dealkylation sites (N-methyl/N-ethyl adjacent to an activating group) is 1. The van der Waals surface area contributed by atoms with Crippen molar-refractivity contribution in [3.8, 4) is 17.0 Å². The summed E-state index contributed by atoms with van der Waals surface area (Å²) in [6.45, 7) is 4.07. The summed E-state index contributed by atoms with van der Waals surface area (Å²) >= 11 is 0. The number of piperazine rings is 1. The first-order chi connectivity index (χ1) is 12.3. The van der Waals surface area contributed by atoms with Crippen LogP contribution in [0.5, 0.6) is 5.75 Å². The van der Waals surface area contributed by atoms with Crippen LogP contribution in [-0.4, -0.2) is 55.4 Å². The Kier molecular flexibility index (Phi) is 4.24. The highest BCUT2D eigenvalue weighted by atomic mass is 16.5. The lowest BCUT2D eigenvalue weighted by Gasteiger charge is -2.33. The largest absolute Gasteiger partial charge is 0.497 e. The molecule has 1 saturated heterocycles. The molecule has 5 heteroatoms. The number of fused-ring (bicyclic) bond motifs is 1. The number of ether oxygens (including phenoxy) is 1. The fourth-order valence-corrected chi connectivity index (χ4v) is 3.30. The number of rotatable bonds is 3. The van der Waals surface area contributed by atoms with Crippen molar-refractivity contribution >= 4 is 16.6 Å². The molecule has 3 aromatic rings. The lowest BCUT2D eigenvalue weighted by atomic mass is 10.0. The standard InChI is InChI=1S/C20H22N4O/c1-23-11-13-24(14-12-23)20-18-6-4-3-5-17(18)19(21-22-20)15-7-9-16(25-2)10-8-15/h3-10H,11-14H2,1-2H3. The van der Waals surface area contributed by atoms with Crippen molar-refractivity contribution < 1.29 is 4.74 Å². The van der Waals surface area contributed by atoms with E-state index in [1.165, 1.54) is 0 Å². The Morgan fingerprint density at radius 3 is 2.20 bits per heavy atom.